The lowest BCUT2D eigenvalue weighted by atomic mass is 10.1. The number of anilines is 1. The Hall–Kier alpha value is -2.15. The highest BCUT2D eigenvalue weighted by molar-refractivity contribution is 7.80. The van der Waals surface area contributed by atoms with E-state index in [1.165, 1.54) is 0 Å². The standard InChI is InChI=1S/C13H16N2O4S/c1-8-4-2-3-5-10(8)15-13(20)14-7-9(12(18)19)6-11(16)17/h2-5,9H,6-7H2,1H3,(H,16,17)(H,18,19)(H2,14,15,20). The maximum absolute atomic E-state index is 10.9. The minimum Gasteiger partial charge on any atom is -0.481 e. The van der Waals surface area contributed by atoms with Crippen LogP contribution in [-0.2, 0) is 9.59 Å². The highest BCUT2D eigenvalue weighted by Gasteiger charge is 2.21. The number of aliphatic carboxylic acids is 2. The van der Waals surface area contributed by atoms with E-state index in [0.717, 1.165) is 11.3 Å². The van der Waals surface area contributed by atoms with Gasteiger partial charge in [0.25, 0.3) is 0 Å². The molecule has 20 heavy (non-hydrogen) atoms. The molecular formula is C13H16N2O4S. The zero-order chi connectivity index (χ0) is 15.1. The average Bonchev–Trinajstić information content (AvgIpc) is 2.36. The summed E-state index contributed by atoms with van der Waals surface area (Å²) in [5.41, 5.74) is 1.81. The minimum absolute atomic E-state index is 0.0423. The molecule has 0 aromatic heterocycles. The van der Waals surface area contributed by atoms with Crippen LogP contribution in [0.4, 0.5) is 5.69 Å². The summed E-state index contributed by atoms with van der Waals surface area (Å²) in [7, 11) is 0. The number of aryl methyl sites for hydroxylation is 1. The van der Waals surface area contributed by atoms with Crippen LogP contribution >= 0.6 is 12.2 Å². The van der Waals surface area contributed by atoms with Gasteiger partial charge in [0.1, 0.15) is 0 Å². The van der Waals surface area contributed by atoms with Gasteiger partial charge < -0.3 is 20.8 Å². The van der Waals surface area contributed by atoms with E-state index in [9.17, 15) is 9.59 Å². The van der Waals surface area contributed by atoms with Crippen molar-refractivity contribution in [1.29, 1.82) is 0 Å². The fourth-order valence-corrected chi connectivity index (χ4v) is 1.75. The number of rotatable bonds is 6. The van der Waals surface area contributed by atoms with Crippen LogP contribution in [0.2, 0.25) is 0 Å². The molecule has 0 aliphatic heterocycles. The summed E-state index contributed by atoms with van der Waals surface area (Å²) >= 11 is 5.05. The lowest BCUT2D eigenvalue weighted by Gasteiger charge is -2.15. The molecule has 1 aromatic carbocycles. The topological polar surface area (TPSA) is 98.7 Å². The zero-order valence-electron chi connectivity index (χ0n) is 10.9. The van der Waals surface area contributed by atoms with E-state index < -0.39 is 24.3 Å². The van der Waals surface area contributed by atoms with Gasteiger partial charge in [0.05, 0.1) is 12.3 Å². The molecule has 108 valence electrons. The molecule has 0 aliphatic carbocycles. The first-order valence-corrected chi connectivity index (χ1v) is 6.36. The number of nitrogens with one attached hydrogen (secondary N) is 2. The molecule has 0 fully saturated rings. The number of hydrogen-bond donors (Lipinski definition) is 4. The number of para-hydroxylation sites is 1. The van der Waals surface area contributed by atoms with Crippen molar-refractivity contribution in [3.63, 3.8) is 0 Å². The fraction of sp³-hybridized carbons (Fsp3) is 0.308. The number of benzene rings is 1. The van der Waals surface area contributed by atoms with Crippen molar-refractivity contribution in [3.8, 4) is 0 Å². The highest BCUT2D eigenvalue weighted by Crippen LogP contribution is 2.12. The Kier molecular flexibility index (Phi) is 5.92. The summed E-state index contributed by atoms with van der Waals surface area (Å²) in [4.78, 5) is 21.4. The van der Waals surface area contributed by atoms with E-state index in [1.807, 2.05) is 31.2 Å². The van der Waals surface area contributed by atoms with Crippen molar-refractivity contribution in [2.45, 2.75) is 13.3 Å². The SMILES string of the molecule is Cc1ccccc1NC(=S)NCC(CC(=O)O)C(=O)O. The van der Waals surface area contributed by atoms with Crippen LogP contribution in [0, 0.1) is 12.8 Å². The quantitative estimate of drug-likeness (QED) is 0.590. The molecule has 1 atom stereocenters. The Morgan fingerprint density at radius 2 is 1.95 bits per heavy atom. The molecule has 0 saturated carbocycles. The van der Waals surface area contributed by atoms with Gasteiger partial charge in [0, 0.05) is 12.2 Å². The predicted octanol–water partition coefficient (Wildman–Crippen LogP) is 1.46. The maximum Gasteiger partial charge on any atom is 0.308 e. The van der Waals surface area contributed by atoms with Crippen LogP contribution in [0.15, 0.2) is 24.3 Å². The van der Waals surface area contributed by atoms with Gasteiger partial charge in [-0.25, -0.2) is 0 Å². The Labute approximate surface area is 121 Å². The molecule has 0 amide bonds. The molecule has 4 N–H and O–H groups in total. The first-order chi connectivity index (χ1) is 9.40. The van der Waals surface area contributed by atoms with E-state index in [0.29, 0.717) is 0 Å². The average molecular weight is 296 g/mol. The van der Waals surface area contributed by atoms with Crippen molar-refractivity contribution in [3.05, 3.63) is 29.8 Å². The molecule has 0 heterocycles. The normalized spacial score (nSPS) is 11.4. The van der Waals surface area contributed by atoms with Crippen LogP contribution in [0.3, 0.4) is 0 Å². The van der Waals surface area contributed by atoms with Crippen molar-refractivity contribution in [1.82, 2.24) is 5.32 Å². The maximum atomic E-state index is 10.9. The monoisotopic (exact) mass is 296 g/mol. The van der Waals surface area contributed by atoms with Crippen molar-refractivity contribution >= 4 is 35.0 Å². The van der Waals surface area contributed by atoms with Crippen LogP contribution in [0.25, 0.3) is 0 Å². The third-order valence-corrected chi connectivity index (χ3v) is 2.92. The molecule has 0 radical (unpaired) electrons. The van der Waals surface area contributed by atoms with Gasteiger partial charge in [-0.1, -0.05) is 18.2 Å². The number of hydrogen-bond acceptors (Lipinski definition) is 3. The summed E-state index contributed by atoms with van der Waals surface area (Å²) in [6.07, 6.45) is -0.449. The minimum atomic E-state index is -1.17. The second-order valence-corrected chi connectivity index (χ2v) is 4.69. The Bertz CT molecular complexity index is 519. The number of carboxylic acids is 2. The van der Waals surface area contributed by atoms with E-state index >= 15 is 0 Å². The number of carbonyl (C=O) groups is 2. The van der Waals surface area contributed by atoms with Crippen LogP contribution in [0.5, 0.6) is 0 Å². The van der Waals surface area contributed by atoms with E-state index in [2.05, 4.69) is 10.6 Å². The predicted molar refractivity (Wildman–Crippen MR) is 78.8 cm³/mol. The summed E-state index contributed by atoms with van der Waals surface area (Å²) < 4.78 is 0. The summed E-state index contributed by atoms with van der Waals surface area (Å²) in [6.45, 7) is 1.87. The van der Waals surface area contributed by atoms with Gasteiger partial charge in [-0.3, -0.25) is 9.59 Å². The van der Waals surface area contributed by atoms with E-state index in [1.54, 1.807) is 0 Å². The molecule has 1 aromatic rings. The molecular weight excluding hydrogens is 280 g/mol. The molecule has 0 aliphatic rings. The van der Waals surface area contributed by atoms with Gasteiger partial charge >= 0.3 is 11.9 Å². The van der Waals surface area contributed by atoms with Crippen molar-refractivity contribution in [2.24, 2.45) is 5.92 Å². The van der Waals surface area contributed by atoms with Gasteiger partial charge in [-0.15, -0.1) is 0 Å². The first kappa shape index (κ1) is 15.9. The van der Waals surface area contributed by atoms with Gasteiger partial charge in [-0.05, 0) is 30.8 Å². The summed E-state index contributed by atoms with van der Waals surface area (Å²) in [5, 5.41) is 23.5. The summed E-state index contributed by atoms with van der Waals surface area (Å²) in [6, 6.07) is 7.50. The summed E-state index contributed by atoms with van der Waals surface area (Å²) in [5.74, 6) is -3.35. The van der Waals surface area contributed by atoms with Crippen molar-refractivity contribution < 1.29 is 19.8 Å². The number of thiocarbonyl (C=S) groups is 1. The van der Waals surface area contributed by atoms with Gasteiger partial charge in [-0.2, -0.15) is 0 Å². The Balaban J connectivity index is 2.52. The molecule has 6 nitrogen and oxygen atoms in total. The first-order valence-electron chi connectivity index (χ1n) is 5.95. The largest absolute Gasteiger partial charge is 0.481 e. The third-order valence-electron chi connectivity index (χ3n) is 2.67. The molecule has 0 bridgehead atoms. The van der Waals surface area contributed by atoms with Crippen molar-refractivity contribution in [2.75, 3.05) is 11.9 Å². The van der Waals surface area contributed by atoms with Crippen LogP contribution < -0.4 is 10.6 Å². The van der Waals surface area contributed by atoms with E-state index in [4.69, 9.17) is 22.4 Å². The smallest absolute Gasteiger partial charge is 0.308 e. The third kappa shape index (κ3) is 5.23. The second kappa shape index (κ2) is 7.44. The van der Waals surface area contributed by atoms with Gasteiger partial charge in [0.15, 0.2) is 5.11 Å². The highest BCUT2D eigenvalue weighted by atomic mass is 32.1. The Morgan fingerprint density at radius 1 is 1.30 bits per heavy atom. The van der Waals surface area contributed by atoms with Gasteiger partial charge in [0.2, 0.25) is 0 Å². The molecule has 1 rings (SSSR count). The fourth-order valence-electron chi connectivity index (χ4n) is 1.55. The Morgan fingerprint density at radius 3 is 2.50 bits per heavy atom. The van der Waals surface area contributed by atoms with Crippen LogP contribution in [0.1, 0.15) is 12.0 Å². The lowest BCUT2D eigenvalue weighted by Crippen LogP contribution is -2.36. The van der Waals surface area contributed by atoms with Crippen LogP contribution in [-0.4, -0.2) is 33.8 Å². The lowest BCUT2D eigenvalue weighted by molar-refractivity contribution is -0.148. The molecule has 1 unspecified atom stereocenters. The molecule has 0 spiro atoms. The molecule has 0 saturated heterocycles. The second-order valence-electron chi connectivity index (χ2n) is 4.28. The molecule has 7 heteroatoms. The zero-order valence-corrected chi connectivity index (χ0v) is 11.7. The number of carboxylic acid groups (broad SMARTS) is 2. The van der Waals surface area contributed by atoms with E-state index in [-0.39, 0.29) is 11.7 Å².